The van der Waals surface area contributed by atoms with Gasteiger partial charge in [-0.2, -0.15) is 0 Å². The number of carbonyl (C=O) groups excluding carboxylic acids is 2. The number of amides is 2. The molecule has 0 aromatic heterocycles. The Morgan fingerprint density at radius 3 is 2.00 bits per heavy atom. The van der Waals surface area contributed by atoms with Gasteiger partial charge in [-0.15, -0.1) is 12.4 Å². The van der Waals surface area contributed by atoms with Crippen molar-refractivity contribution in [1.29, 1.82) is 0 Å². The predicted molar refractivity (Wildman–Crippen MR) is 105 cm³/mol. The summed E-state index contributed by atoms with van der Waals surface area (Å²) in [6.07, 6.45) is 1.44. The number of hydrogen-bond donors (Lipinski definition) is 1. The normalized spacial score (nSPS) is 17.9. The number of ether oxygens (including phenoxy) is 2. The summed E-state index contributed by atoms with van der Waals surface area (Å²) in [5.41, 5.74) is 0.549. The molecule has 0 atom stereocenters. The maximum absolute atomic E-state index is 12.8. The molecule has 0 radical (unpaired) electrons. The Hall–Kier alpha value is -1.99. The molecule has 1 N–H and O–H groups in total. The second kappa shape index (κ2) is 9.80. The van der Waals surface area contributed by atoms with E-state index in [-0.39, 0.29) is 30.1 Å². The van der Waals surface area contributed by atoms with Gasteiger partial charge in [-0.1, -0.05) is 0 Å². The zero-order valence-corrected chi connectivity index (χ0v) is 16.7. The number of benzene rings is 1. The molecule has 2 fully saturated rings. The van der Waals surface area contributed by atoms with Crippen molar-refractivity contribution in [3.05, 3.63) is 23.8 Å². The number of likely N-dealkylation sites (tertiary alicyclic amines) is 1. The lowest BCUT2D eigenvalue weighted by Gasteiger charge is -2.35. The Morgan fingerprint density at radius 2 is 1.48 bits per heavy atom. The van der Waals surface area contributed by atoms with E-state index in [1.54, 1.807) is 32.4 Å². The number of piperazine rings is 1. The van der Waals surface area contributed by atoms with Crippen molar-refractivity contribution in [2.75, 3.05) is 53.5 Å². The molecule has 8 heteroatoms. The van der Waals surface area contributed by atoms with Crippen molar-refractivity contribution in [1.82, 2.24) is 15.1 Å². The molecule has 2 saturated heterocycles. The van der Waals surface area contributed by atoms with Crippen molar-refractivity contribution in [2.45, 2.75) is 12.8 Å². The van der Waals surface area contributed by atoms with Crippen LogP contribution >= 0.6 is 12.4 Å². The highest BCUT2D eigenvalue weighted by molar-refractivity contribution is 5.95. The van der Waals surface area contributed by atoms with Gasteiger partial charge < -0.3 is 24.6 Å². The lowest BCUT2D eigenvalue weighted by Crippen LogP contribution is -2.50. The van der Waals surface area contributed by atoms with E-state index in [2.05, 4.69) is 5.32 Å². The van der Waals surface area contributed by atoms with Crippen molar-refractivity contribution in [3.63, 3.8) is 0 Å². The smallest absolute Gasteiger partial charge is 0.254 e. The number of methoxy groups -OCH3 is 2. The lowest BCUT2D eigenvalue weighted by molar-refractivity contribution is -0.137. The van der Waals surface area contributed by atoms with Crippen LogP contribution in [0.15, 0.2) is 18.2 Å². The van der Waals surface area contributed by atoms with Gasteiger partial charge in [0.1, 0.15) is 11.5 Å². The Morgan fingerprint density at radius 1 is 0.926 bits per heavy atom. The quantitative estimate of drug-likeness (QED) is 0.831. The second-order valence-electron chi connectivity index (χ2n) is 6.74. The van der Waals surface area contributed by atoms with Gasteiger partial charge in [0, 0.05) is 56.8 Å². The Labute approximate surface area is 166 Å². The van der Waals surface area contributed by atoms with E-state index in [1.165, 1.54) is 0 Å². The number of nitrogens with one attached hydrogen (secondary N) is 1. The van der Waals surface area contributed by atoms with Crippen LogP contribution in [0.25, 0.3) is 0 Å². The minimum absolute atomic E-state index is 0. The molecule has 0 unspecified atom stereocenters. The van der Waals surface area contributed by atoms with Crippen LogP contribution in [0.4, 0.5) is 0 Å². The summed E-state index contributed by atoms with van der Waals surface area (Å²) in [6.45, 7) is 4.48. The molecule has 0 bridgehead atoms. The first-order chi connectivity index (χ1) is 12.6. The molecule has 150 valence electrons. The van der Waals surface area contributed by atoms with Gasteiger partial charge in [0.2, 0.25) is 5.91 Å². The Bertz CT molecular complexity index is 634. The second-order valence-corrected chi connectivity index (χ2v) is 6.74. The molecule has 1 aromatic carbocycles. The predicted octanol–water partition coefficient (Wildman–Crippen LogP) is 1.41. The van der Waals surface area contributed by atoms with Crippen LogP contribution in [-0.4, -0.2) is 75.1 Å². The number of piperidine rings is 1. The highest BCUT2D eigenvalue weighted by Gasteiger charge is 2.31. The summed E-state index contributed by atoms with van der Waals surface area (Å²) >= 11 is 0. The van der Waals surface area contributed by atoms with Crippen LogP contribution < -0.4 is 14.8 Å². The SMILES string of the molecule is COc1cc(OC)cc(C(=O)N2CCC(C(=O)N3CCNCC3)CC2)c1.Cl. The fourth-order valence-corrected chi connectivity index (χ4v) is 3.59. The van der Waals surface area contributed by atoms with Crippen LogP contribution in [0.1, 0.15) is 23.2 Å². The molecule has 2 heterocycles. The van der Waals surface area contributed by atoms with E-state index in [9.17, 15) is 9.59 Å². The molecule has 0 saturated carbocycles. The van der Waals surface area contributed by atoms with E-state index in [4.69, 9.17) is 9.47 Å². The molecule has 2 amide bonds. The molecular weight excluding hydrogens is 370 g/mol. The number of nitrogens with zero attached hydrogens (tertiary/aromatic N) is 2. The minimum Gasteiger partial charge on any atom is -0.497 e. The first kappa shape index (κ1) is 21.3. The topological polar surface area (TPSA) is 71.1 Å². The summed E-state index contributed by atoms with van der Waals surface area (Å²) in [5.74, 6) is 1.40. The average Bonchev–Trinajstić information content (AvgIpc) is 2.73. The third kappa shape index (κ3) is 5.05. The van der Waals surface area contributed by atoms with Gasteiger partial charge in [0.25, 0.3) is 5.91 Å². The van der Waals surface area contributed by atoms with Crippen LogP contribution in [0.5, 0.6) is 11.5 Å². The number of hydrogen-bond acceptors (Lipinski definition) is 5. The van der Waals surface area contributed by atoms with Crippen molar-refractivity contribution >= 4 is 24.2 Å². The van der Waals surface area contributed by atoms with E-state index in [0.29, 0.717) is 30.2 Å². The summed E-state index contributed by atoms with van der Waals surface area (Å²) < 4.78 is 10.5. The standard InChI is InChI=1S/C19H27N3O4.ClH/c1-25-16-11-15(12-17(13-16)26-2)19(24)21-7-3-14(4-8-21)18(23)22-9-5-20-6-10-22;/h11-14,20H,3-10H2,1-2H3;1H. The number of halogens is 1. The lowest BCUT2D eigenvalue weighted by atomic mass is 9.94. The number of carbonyl (C=O) groups is 2. The maximum Gasteiger partial charge on any atom is 0.254 e. The summed E-state index contributed by atoms with van der Waals surface area (Å²) in [6, 6.07) is 5.20. The van der Waals surface area contributed by atoms with Gasteiger partial charge in [-0.05, 0) is 25.0 Å². The van der Waals surface area contributed by atoms with Crippen LogP contribution in [0, 0.1) is 5.92 Å². The molecule has 3 rings (SSSR count). The monoisotopic (exact) mass is 397 g/mol. The van der Waals surface area contributed by atoms with Gasteiger partial charge in [0.05, 0.1) is 14.2 Å². The molecule has 7 nitrogen and oxygen atoms in total. The summed E-state index contributed by atoms with van der Waals surface area (Å²) in [7, 11) is 3.13. The van der Waals surface area contributed by atoms with Gasteiger partial charge >= 0.3 is 0 Å². The zero-order chi connectivity index (χ0) is 18.5. The van der Waals surface area contributed by atoms with Crippen molar-refractivity contribution in [3.8, 4) is 11.5 Å². The van der Waals surface area contributed by atoms with Crippen LogP contribution in [-0.2, 0) is 4.79 Å². The maximum atomic E-state index is 12.8. The zero-order valence-electron chi connectivity index (χ0n) is 15.9. The van der Waals surface area contributed by atoms with E-state index in [0.717, 1.165) is 39.0 Å². The fraction of sp³-hybridized carbons (Fsp3) is 0.579. The highest BCUT2D eigenvalue weighted by Crippen LogP contribution is 2.26. The summed E-state index contributed by atoms with van der Waals surface area (Å²) in [4.78, 5) is 29.2. The third-order valence-electron chi connectivity index (χ3n) is 5.16. The number of rotatable bonds is 4. The van der Waals surface area contributed by atoms with Crippen LogP contribution in [0.2, 0.25) is 0 Å². The van der Waals surface area contributed by atoms with Crippen molar-refractivity contribution < 1.29 is 19.1 Å². The Kier molecular flexibility index (Phi) is 7.74. The average molecular weight is 398 g/mol. The van der Waals surface area contributed by atoms with Gasteiger partial charge in [0.15, 0.2) is 0 Å². The van der Waals surface area contributed by atoms with Crippen molar-refractivity contribution in [2.24, 2.45) is 5.92 Å². The molecule has 1 aromatic rings. The molecular formula is C19H28ClN3O4. The van der Waals surface area contributed by atoms with Gasteiger partial charge in [-0.25, -0.2) is 0 Å². The summed E-state index contributed by atoms with van der Waals surface area (Å²) in [5, 5.41) is 3.26. The van der Waals surface area contributed by atoms with Gasteiger partial charge in [-0.3, -0.25) is 9.59 Å². The van der Waals surface area contributed by atoms with E-state index in [1.807, 2.05) is 9.80 Å². The molecule has 0 aliphatic carbocycles. The third-order valence-corrected chi connectivity index (χ3v) is 5.16. The molecule has 2 aliphatic rings. The minimum atomic E-state index is -0.0460. The first-order valence-electron chi connectivity index (χ1n) is 9.14. The molecule has 0 spiro atoms. The fourth-order valence-electron chi connectivity index (χ4n) is 3.59. The van der Waals surface area contributed by atoms with Crippen LogP contribution in [0.3, 0.4) is 0 Å². The van der Waals surface area contributed by atoms with E-state index >= 15 is 0 Å². The Balaban J connectivity index is 0.00000261. The van der Waals surface area contributed by atoms with E-state index < -0.39 is 0 Å². The molecule has 2 aliphatic heterocycles. The molecule has 27 heavy (non-hydrogen) atoms. The first-order valence-corrected chi connectivity index (χ1v) is 9.14. The largest absolute Gasteiger partial charge is 0.497 e. The highest BCUT2D eigenvalue weighted by atomic mass is 35.5.